The van der Waals surface area contributed by atoms with E-state index >= 15 is 0 Å². The van der Waals surface area contributed by atoms with Crippen LogP contribution in [0.4, 0.5) is 19.0 Å². The highest BCUT2D eigenvalue weighted by molar-refractivity contribution is 6.00. The van der Waals surface area contributed by atoms with Gasteiger partial charge in [-0.05, 0) is 37.1 Å². The predicted octanol–water partition coefficient (Wildman–Crippen LogP) is 3.99. The minimum atomic E-state index is -4.63. The van der Waals surface area contributed by atoms with Crippen LogP contribution in [0.1, 0.15) is 24.4 Å². The SMILES string of the molecule is C=CC(=O)N1CCC(n2cnc3cnc4ccc(-c5cnc(N)c(C(F)(F)F)c5)nc4c32)CC1. The highest BCUT2D eigenvalue weighted by Crippen LogP contribution is 2.36. The number of imidazole rings is 1. The molecule has 0 radical (unpaired) electrons. The largest absolute Gasteiger partial charge is 0.419 e. The topological polar surface area (TPSA) is 103 Å². The van der Waals surface area contributed by atoms with Crippen molar-refractivity contribution in [2.45, 2.75) is 25.1 Å². The molecule has 174 valence electrons. The normalized spacial score (nSPS) is 15.2. The molecule has 0 aromatic carbocycles. The van der Waals surface area contributed by atoms with Gasteiger partial charge in [-0.25, -0.2) is 15.0 Å². The molecule has 0 spiro atoms. The molecule has 0 bridgehead atoms. The number of nitrogen functional groups attached to an aromatic ring is 1. The third-order valence-corrected chi connectivity index (χ3v) is 6.11. The first kappa shape index (κ1) is 21.8. The fourth-order valence-corrected chi connectivity index (χ4v) is 4.35. The van der Waals surface area contributed by atoms with Gasteiger partial charge in [0.1, 0.15) is 16.9 Å². The van der Waals surface area contributed by atoms with E-state index in [1.807, 2.05) is 4.57 Å². The number of anilines is 1. The summed E-state index contributed by atoms with van der Waals surface area (Å²) in [6.45, 7) is 4.72. The molecule has 1 saturated heterocycles. The molecule has 8 nitrogen and oxygen atoms in total. The Hall–Kier alpha value is -4.02. The molecule has 5 heterocycles. The molecule has 0 aliphatic carbocycles. The van der Waals surface area contributed by atoms with Crippen LogP contribution in [0.2, 0.25) is 0 Å². The Kier molecular flexibility index (Phi) is 5.18. The van der Waals surface area contributed by atoms with Crippen LogP contribution in [-0.2, 0) is 11.0 Å². The Morgan fingerprint density at radius 2 is 1.88 bits per heavy atom. The number of nitrogens with two attached hydrogens (primary N) is 1. The summed E-state index contributed by atoms with van der Waals surface area (Å²) in [7, 11) is 0. The van der Waals surface area contributed by atoms with Gasteiger partial charge in [0.25, 0.3) is 0 Å². The number of alkyl halides is 3. The summed E-state index contributed by atoms with van der Waals surface area (Å²) < 4.78 is 42.0. The average molecular weight is 467 g/mol. The van der Waals surface area contributed by atoms with Crippen LogP contribution in [0.25, 0.3) is 33.3 Å². The summed E-state index contributed by atoms with van der Waals surface area (Å²) >= 11 is 0. The van der Waals surface area contributed by atoms with E-state index in [0.717, 1.165) is 24.4 Å². The van der Waals surface area contributed by atoms with Gasteiger partial charge in [-0.15, -0.1) is 0 Å². The number of nitrogens with zero attached hydrogens (tertiary/aromatic N) is 6. The number of carbonyl (C=O) groups is 1. The van der Waals surface area contributed by atoms with Crippen molar-refractivity contribution in [3.63, 3.8) is 0 Å². The molecule has 0 atom stereocenters. The van der Waals surface area contributed by atoms with Crippen LogP contribution in [0.3, 0.4) is 0 Å². The molecular formula is C23H20F3N7O. The van der Waals surface area contributed by atoms with Crippen LogP contribution in [0.5, 0.6) is 0 Å². The minimum Gasteiger partial charge on any atom is -0.383 e. The average Bonchev–Trinajstić information content (AvgIpc) is 3.27. The lowest BCUT2D eigenvalue weighted by Crippen LogP contribution is -2.38. The van der Waals surface area contributed by atoms with Gasteiger partial charge in [0.05, 0.1) is 34.8 Å². The number of fused-ring (bicyclic) bond motifs is 3. The first-order chi connectivity index (χ1) is 16.3. The lowest BCUT2D eigenvalue weighted by Gasteiger charge is -2.32. The zero-order valence-corrected chi connectivity index (χ0v) is 18.0. The van der Waals surface area contributed by atoms with E-state index in [-0.39, 0.29) is 17.5 Å². The number of rotatable bonds is 3. The summed E-state index contributed by atoms with van der Waals surface area (Å²) in [6.07, 6.45) is 2.79. The van der Waals surface area contributed by atoms with Crippen molar-refractivity contribution < 1.29 is 18.0 Å². The Bertz CT molecular complexity index is 1420. The molecule has 1 amide bonds. The zero-order chi connectivity index (χ0) is 24.0. The van der Waals surface area contributed by atoms with Crippen LogP contribution in [-0.4, -0.2) is 48.4 Å². The number of hydrogen-bond donors (Lipinski definition) is 1. The molecule has 1 aliphatic rings. The highest BCUT2D eigenvalue weighted by atomic mass is 19.4. The smallest absolute Gasteiger partial charge is 0.383 e. The molecule has 1 fully saturated rings. The molecule has 4 aromatic heterocycles. The van der Waals surface area contributed by atoms with Gasteiger partial charge in [0, 0.05) is 30.9 Å². The molecule has 34 heavy (non-hydrogen) atoms. The summed E-state index contributed by atoms with van der Waals surface area (Å²) in [6, 6.07) is 4.36. The highest BCUT2D eigenvalue weighted by Gasteiger charge is 2.34. The maximum Gasteiger partial charge on any atom is 0.419 e. The van der Waals surface area contributed by atoms with Crippen molar-refractivity contribution in [1.82, 2.24) is 29.4 Å². The van der Waals surface area contributed by atoms with Gasteiger partial charge in [0.2, 0.25) is 5.91 Å². The first-order valence-corrected chi connectivity index (χ1v) is 10.6. The molecule has 0 saturated carbocycles. The number of pyridine rings is 3. The van der Waals surface area contributed by atoms with Crippen LogP contribution in [0.15, 0.2) is 49.6 Å². The number of hydrogen-bond acceptors (Lipinski definition) is 6. The van der Waals surface area contributed by atoms with E-state index < -0.39 is 17.6 Å². The lowest BCUT2D eigenvalue weighted by molar-refractivity contribution is -0.137. The number of likely N-dealkylation sites (tertiary alicyclic amines) is 1. The van der Waals surface area contributed by atoms with E-state index in [4.69, 9.17) is 5.73 Å². The fourth-order valence-electron chi connectivity index (χ4n) is 4.35. The number of halogens is 3. The van der Waals surface area contributed by atoms with Crippen molar-refractivity contribution in [1.29, 1.82) is 0 Å². The number of piperidine rings is 1. The lowest BCUT2D eigenvalue weighted by atomic mass is 10.0. The van der Waals surface area contributed by atoms with Crippen molar-refractivity contribution in [2.75, 3.05) is 18.8 Å². The molecular weight excluding hydrogens is 447 g/mol. The molecule has 2 N–H and O–H groups in total. The Morgan fingerprint density at radius 3 is 2.59 bits per heavy atom. The fraction of sp³-hybridized carbons (Fsp3) is 0.261. The Balaban J connectivity index is 1.58. The van der Waals surface area contributed by atoms with Gasteiger partial charge in [-0.3, -0.25) is 9.78 Å². The standard InChI is InChI=1S/C23H20F3N7O/c1-2-19(34)32-7-5-14(6-8-32)33-12-30-18-11-28-17-4-3-16(31-20(17)21(18)33)13-9-15(23(24,25)26)22(27)29-10-13/h2-4,9-12,14H,1,5-8H2,(H2,27,29). The summed E-state index contributed by atoms with van der Waals surface area (Å²) in [5.74, 6) is -0.675. The van der Waals surface area contributed by atoms with E-state index in [2.05, 4.69) is 26.5 Å². The first-order valence-electron chi connectivity index (χ1n) is 10.6. The number of carbonyl (C=O) groups excluding carboxylic acids is 1. The third-order valence-electron chi connectivity index (χ3n) is 6.11. The van der Waals surface area contributed by atoms with E-state index in [1.165, 1.54) is 12.3 Å². The van der Waals surface area contributed by atoms with Gasteiger partial charge < -0.3 is 15.2 Å². The second kappa shape index (κ2) is 8.08. The van der Waals surface area contributed by atoms with Gasteiger partial charge in [0.15, 0.2) is 0 Å². The second-order valence-corrected chi connectivity index (χ2v) is 8.12. The minimum absolute atomic E-state index is 0.0879. The maximum atomic E-state index is 13.3. The summed E-state index contributed by atoms with van der Waals surface area (Å²) in [5, 5.41) is 0. The second-order valence-electron chi connectivity index (χ2n) is 8.12. The van der Waals surface area contributed by atoms with Crippen LogP contribution in [0, 0.1) is 0 Å². The Morgan fingerprint density at radius 1 is 1.12 bits per heavy atom. The van der Waals surface area contributed by atoms with E-state index in [1.54, 1.807) is 29.6 Å². The van der Waals surface area contributed by atoms with E-state index in [0.29, 0.717) is 35.3 Å². The Labute approximate surface area is 191 Å². The van der Waals surface area contributed by atoms with E-state index in [9.17, 15) is 18.0 Å². The predicted molar refractivity (Wildman–Crippen MR) is 121 cm³/mol. The molecule has 0 unspecified atom stereocenters. The maximum absolute atomic E-state index is 13.3. The molecule has 5 rings (SSSR count). The zero-order valence-electron chi connectivity index (χ0n) is 18.0. The van der Waals surface area contributed by atoms with Crippen LogP contribution < -0.4 is 5.73 Å². The summed E-state index contributed by atoms with van der Waals surface area (Å²) in [4.78, 5) is 30.9. The molecule has 1 aliphatic heterocycles. The summed E-state index contributed by atoms with van der Waals surface area (Å²) in [5.41, 5.74) is 7.46. The van der Waals surface area contributed by atoms with Crippen molar-refractivity contribution in [3.8, 4) is 11.3 Å². The quantitative estimate of drug-likeness (QED) is 0.457. The number of aromatic nitrogens is 5. The molecule has 4 aromatic rings. The molecule has 11 heteroatoms. The number of amides is 1. The van der Waals surface area contributed by atoms with Gasteiger partial charge in [-0.2, -0.15) is 13.2 Å². The third kappa shape index (κ3) is 3.72. The van der Waals surface area contributed by atoms with Crippen molar-refractivity contribution in [2.24, 2.45) is 0 Å². The van der Waals surface area contributed by atoms with Crippen molar-refractivity contribution in [3.05, 3.63) is 55.1 Å². The van der Waals surface area contributed by atoms with Crippen LogP contribution >= 0.6 is 0 Å². The van der Waals surface area contributed by atoms with Gasteiger partial charge >= 0.3 is 6.18 Å². The van der Waals surface area contributed by atoms with Gasteiger partial charge in [-0.1, -0.05) is 6.58 Å². The monoisotopic (exact) mass is 467 g/mol. The van der Waals surface area contributed by atoms with Crippen molar-refractivity contribution >= 4 is 33.8 Å².